The van der Waals surface area contributed by atoms with E-state index < -0.39 is 17.8 Å². The summed E-state index contributed by atoms with van der Waals surface area (Å²) in [6, 6.07) is 8.22. The van der Waals surface area contributed by atoms with Crippen molar-refractivity contribution in [2.45, 2.75) is 6.92 Å². The highest BCUT2D eigenvalue weighted by Crippen LogP contribution is 2.40. The first-order valence-electron chi connectivity index (χ1n) is 12.1. The fourth-order valence-corrected chi connectivity index (χ4v) is 5.23. The van der Waals surface area contributed by atoms with Crippen LogP contribution < -0.4 is 20.1 Å². The van der Waals surface area contributed by atoms with E-state index in [0.717, 1.165) is 11.1 Å². The maximum atomic E-state index is 15.1. The first-order valence-corrected chi connectivity index (χ1v) is 13.3. The molecule has 5 aromatic rings. The number of fused-ring (bicyclic) bond motifs is 2. The fraction of sp³-hybridized carbons (Fsp3) is 0.185. The number of aromatic nitrogens is 4. The van der Waals surface area contributed by atoms with E-state index in [2.05, 4.69) is 30.6 Å². The number of nitrogens with one attached hydrogen (secondary N) is 2. The minimum Gasteiger partial charge on any atom is -0.487 e. The molecule has 3 heterocycles. The zero-order valence-corrected chi connectivity index (χ0v) is 23.5. The molecule has 11 nitrogen and oxygen atoms in total. The largest absolute Gasteiger partial charge is 0.487 e. The number of carbonyl (C=O) groups excluding carboxylic acids is 2. The summed E-state index contributed by atoms with van der Waals surface area (Å²) < 4.78 is 31.5. The van der Waals surface area contributed by atoms with Crippen molar-refractivity contribution < 1.29 is 28.2 Å². The Morgan fingerprint density at radius 2 is 1.93 bits per heavy atom. The molecule has 0 aliphatic carbocycles. The lowest BCUT2D eigenvalue weighted by Gasteiger charge is -2.10. The van der Waals surface area contributed by atoms with Crippen molar-refractivity contribution in [3.63, 3.8) is 0 Å². The van der Waals surface area contributed by atoms with Gasteiger partial charge in [-0.3, -0.25) is 15.1 Å². The lowest BCUT2D eigenvalue weighted by Crippen LogP contribution is -2.20. The van der Waals surface area contributed by atoms with Crippen LogP contribution in [0.5, 0.6) is 11.6 Å². The molecule has 0 saturated heterocycles. The van der Waals surface area contributed by atoms with E-state index in [1.807, 2.05) is 19.1 Å². The quantitative estimate of drug-likeness (QED) is 0.226. The summed E-state index contributed by atoms with van der Waals surface area (Å²) in [6.45, 7) is 1.61. The van der Waals surface area contributed by atoms with Crippen LogP contribution in [0.3, 0.4) is 0 Å². The van der Waals surface area contributed by atoms with Gasteiger partial charge in [0.2, 0.25) is 5.88 Å². The summed E-state index contributed by atoms with van der Waals surface area (Å²) in [5.41, 5.74) is 3.67. The van der Waals surface area contributed by atoms with E-state index in [-0.39, 0.29) is 35.2 Å². The van der Waals surface area contributed by atoms with Gasteiger partial charge < -0.3 is 19.5 Å². The molecule has 0 atom stereocenters. The Hall–Kier alpha value is -4.62. The van der Waals surface area contributed by atoms with Gasteiger partial charge in [-0.1, -0.05) is 11.6 Å². The van der Waals surface area contributed by atoms with Crippen LogP contribution in [0, 0.1) is 12.7 Å². The first kappa shape index (κ1) is 27.9. The number of nitrogens with zero attached hydrogens (tertiary/aromatic N) is 4. The predicted molar refractivity (Wildman–Crippen MR) is 153 cm³/mol. The zero-order valence-electron chi connectivity index (χ0n) is 21.9. The van der Waals surface area contributed by atoms with Crippen LogP contribution in [-0.2, 0) is 4.74 Å². The van der Waals surface area contributed by atoms with E-state index in [0.29, 0.717) is 32.3 Å². The molecule has 41 heavy (non-hydrogen) atoms. The van der Waals surface area contributed by atoms with Gasteiger partial charge in [0, 0.05) is 30.6 Å². The third kappa shape index (κ3) is 5.95. The lowest BCUT2D eigenvalue weighted by atomic mass is 10.1. The number of anilines is 1. The van der Waals surface area contributed by atoms with Gasteiger partial charge >= 0.3 is 6.09 Å². The van der Waals surface area contributed by atoms with Gasteiger partial charge in [0.15, 0.2) is 11.6 Å². The maximum absolute atomic E-state index is 15.1. The Kier molecular flexibility index (Phi) is 8.08. The minimum atomic E-state index is -0.783. The van der Waals surface area contributed by atoms with Crippen molar-refractivity contribution in [2.24, 2.45) is 0 Å². The number of rotatable bonds is 8. The topological polar surface area (TPSA) is 137 Å². The SMILES string of the molecule is CNC(=O)c1cc(NC(=O)OCCOc2cc3sc(-c4cc(C)cc5nc(OC)cnc45)nc3c(Cl)c2F)ccn1. The smallest absolute Gasteiger partial charge is 0.411 e. The second-order valence-corrected chi connectivity index (χ2v) is 9.99. The second-order valence-electron chi connectivity index (χ2n) is 8.58. The third-order valence-corrected chi connectivity index (χ3v) is 7.16. The van der Waals surface area contributed by atoms with Crippen LogP contribution in [0.1, 0.15) is 16.1 Å². The number of amides is 2. The molecule has 0 aliphatic rings. The van der Waals surface area contributed by atoms with Gasteiger partial charge in [-0.2, -0.15) is 0 Å². The van der Waals surface area contributed by atoms with E-state index in [4.69, 9.17) is 25.8 Å². The van der Waals surface area contributed by atoms with Crippen LogP contribution in [0.25, 0.3) is 31.8 Å². The molecule has 210 valence electrons. The molecular formula is C27H22ClFN6O5S. The molecule has 0 radical (unpaired) electrons. The molecule has 0 aliphatic heterocycles. The number of methoxy groups -OCH3 is 1. The van der Waals surface area contributed by atoms with Crippen LogP contribution in [-0.4, -0.2) is 59.3 Å². The number of pyridine rings is 1. The van der Waals surface area contributed by atoms with Crippen molar-refractivity contribution in [1.82, 2.24) is 25.3 Å². The van der Waals surface area contributed by atoms with Gasteiger partial charge in [-0.25, -0.2) is 24.1 Å². The molecule has 0 spiro atoms. The van der Waals surface area contributed by atoms with E-state index >= 15 is 4.39 Å². The normalized spacial score (nSPS) is 11.0. The molecule has 0 bridgehead atoms. The summed E-state index contributed by atoms with van der Waals surface area (Å²) in [5, 5.41) is 5.34. The number of halogens is 2. The monoisotopic (exact) mass is 596 g/mol. The Balaban J connectivity index is 1.29. The number of aryl methyl sites for hydroxylation is 1. The highest BCUT2D eigenvalue weighted by Gasteiger charge is 2.20. The molecule has 0 saturated carbocycles. The Labute approximate surface area is 241 Å². The summed E-state index contributed by atoms with van der Waals surface area (Å²) in [7, 11) is 2.99. The van der Waals surface area contributed by atoms with Gasteiger partial charge in [-0.15, -0.1) is 11.3 Å². The van der Waals surface area contributed by atoms with Crippen LogP contribution in [0.15, 0.2) is 42.7 Å². The number of carbonyl (C=O) groups is 2. The molecule has 3 aromatic heterocycles. The summed E-state index contributed by atoms with van der Waals surface area (Å²) >= 11 is 7.64. The van der Waals surface area contributed by atoms with E-state index in [1.165, 1.54) is 56.1 Å². The zero-order chi connectivity index (χ0) is 29.1. The average Bonchev–Trinajstić information content (AvgIpc) is 3.40. The molecule has 14 heteroatoms. The van der Waals surface area contributed by atoms with E-state index in [9.17, 15) is 9.59 Å². The molecule has 0 fully saturated rings. The molecule has 2 aromatic carbocycles. The predicted octanol–water partition coefficient (Wildman–Crippen LogP) is 5.40. The lowest BCUT2D eigenvalue weighted by molar-refractivity contribution is 0.0958. The number of benzene rings is 2. The summed E-state index contributed by atoms with van der Waals surface area (Å²) in [5.74, 6) is -0.899. The molecular weight excluding hydrogens is 575 g/mol. The Morgan fingerprint density at radius 3 is 2.71 bits per heavy atom. The van der Waals surface area contributed by atoms with Crippen molar-refractivity contribution in [2.75, 3.05) is 32.7 Å². The van der Waals surface area contributed by atoms with Crippen molar-refractivity contribution in [3.05, 3.63) is 64.8 Å². The summed E-state index contributed by atoms with van der Waals surface area (Å²) in [4.78, 5) is 41.3. The van der Waals surface area contributed by atoms with Crippen molar-refractivity contribution in [3.8, 4) is 22.2 Å². The van der Waals surface area contributed by atoms with Crippen molar-refractivity contribution >= 4 is 61.9 Å². The highest BCUT2D eigenvalue weighted by atomic mass is 35.5. The van der Waals surface area contributed by atoms with Crippen LogP contribution in [0.4, 0.5) is 14.9 Å². The number of hydrogen-bond donors (Lipinski definition) is 2. The third-order valence-electron chi connectivity index (χ3n) is 5.78. The standard InChI is InChI=1S/C27H22ClFN6O5S/c1-13-8-15(23-16(9-13)34-20(38-3)12-32-23)26-35-24-19(41-26)11-18(22(29)21(24)28)39-6-7-40-27(37)33-14-4-5-31-17(10-14)25(36)30-2/h4-5,8-12H,6-7H2,1-3H3,(H,30,36)(H,31,33,37). The number of thiazole rings is 1. The van der Waals surface area contributed by atoms with Crippen molar-refractivity contribution in [1.29, 1.82) is 0 Å². The molecule has 0 unspecified atom stereocenters. The first-order chi connectivity index (χ1) is 19.8. The van der Waals surface area contributed by atoms with Gasteiger partial charge in [0.25, 0.3) is 5.91 Å². The Morgan fingerprint density at radius 1 is 1.10 bits per heavy atom. The summed E-state index contributed by atoms with van der Waals surface area (Å²) in [6.07, 6.45) is 2.12. The Bertz CT molecular complexity index is 1800. The molecule has 2 amide bonds. The average molecular weight is 597 g/mol. The molecule has 2 N–H and O–H groups in total. The second kappa shape index (κ2) is 11.9. The molecule has 5 rings (SSSR count). The van der Waals surface area contributed by atoms with Gasteiger partial charge in [0.05, 0.1) is 29.0 Å². The minimum absolute atomic E-state index is 0.107. The van der Waals surface area contributed by atoms with Crippen LogP contribution >= 0.6 is 22.9 Å². The number of hydrogen-bond acceptors (Lipinski definition) is 10. The van der Waals surface area contributed by atoms with Crippen LogP contribution in [0.2, 0.25) is 5.02 Å². The number of ether oxygens (including phenoxy) is 3. The van der Waals surface area contributed by atoms with Gasteiger partial charge in [0.1, 0.15) is 34.5 Å². The fourth-order valence-electron chi connectivity index (χ4n) is 3.91. The van der Waals surface area contributed by atoms with E-state index in [1.54, 1.807) is 0 Å². The van der Waals surface area contributed by atoms with Gasteiger partial charge in [-0.05, 0) is 36.8 Å². The maximum Gasteiger partial charge on any atom is 0.411 e. The highest BCUT2D eigenvalue weighted by molar-refractivity contribution is 7.21.